The summed E-state index contributed by atoms with van der Waals surface area (Å²) in [6.45, 7) is 12.7. The SMILES string of the molecule is [CH2]C(CCCCCCCCCC)OCC(=C)C. The van der Waals surface area contributed by atoms with E-state index in [4.69, 9.17) is 4.74 Å². The zero-order valence-electron chi connectivity index (χ0n) is 12.0. The van der Waals surface area contributed by atoms with Gasteiger partial charge < -0.3 is 4.74 Å². The molecule has 0 aromatic heterocycles. The van der Waals surface area contributed by atoms with Gasteiger partial charge in [-0.1, -0.05) is 70.4 Å². The summed E-state index contributed by atoms with van der Waals surface area (Å²) in [5.74, 6) is 0. The maximum absolute atomic E-state index is 5.55. The molecule has 1 unspecified atom stereocenters. The molecule has 0 rings (SSSR count). The number of unbranched alkanes of at least 4 members (excludes halogenated alkanes) is 7. The van der Waals surface area contributed by atoms with Gasteiger partial charge in [0, 0.05) is 0 Å². The van der Waals surface area contributed by atoms with Crippen LogP contribution >= 0.6 is 0 Å². The lowest BCUT2D eigenvalue weighted by Gasteiger charge is -2.12. The fourth-order valence-corrected chi connectivity index (χ4v) is 1.85. The normalized spacial score (nSPS) is 12.6. The van der Waals surface area contributed by atoms with E-state index in [0.29, 0.717) is 6.61 Å². The van der Waals surface area contributed by atoms with Crippen LogP contribution < -0.4 is 0 Å². The van der Waals surface area contributed by atoms with Crippen molar-refractivity contribution in [2.75, 3.05) is 6.61 Å². The van der Waals surface area contributed by atoms with Gasteiger partial charge in [-0.05, 0) is 20.3 Å². The third-order valence-electron chi connectivity index (χ3n) is 2.95. The quantitative estimate of drug-likeness (QED) is 0.331. The van der Waals surface area contributed by atoms with E-state index in [9.17, 15) is 0 Å². The molecule has 1 radical (unpaired) electrons. The van der Waals surface area contributed by atoms with E-state index in [2.05, 4.69) is 20.4 Å². The van der Waals surface area contributed by atoms with E-state index in [1.807, 2.05) is 6.92 Å². The summed E-state index contributed by atoms with van der Waals surface area (Å²) < 4.78 is 5.55. The number of ether oxygens (including phenoxy) is 1. The third-order valence-corrected chi connectivity index (χ3v) is 2.95. The topological polar surface area (TPSA) is 9.23 Å². The van der Waals surface area contributed by atoms with Crippen LogP contribution in [0.15, 0.2) is 12.2 Å². The summed E-state index contributed by atoms with van der Waals surface area (Å²) in [6, 6.07) is 0. The van der Waals surface area contributed by atoms with Crippen molar-refractivity contribution in [1.82, 2.24) is 0 Å². The molecule has 1 nitrogen and oxygen atoms in total. The van der Waals surface area contributed by atoms with Crippen LogP contribution in [0.4, 0.5) is 0 Å². The Balaban J connectivity index is 3.13. The first kappa shape index (κ1) is 16.7. The molecule has 0 aliphatic rings. The standard InChI is InChI=1S/C16H31O/c1-5-6-7-8-9-10-11-12-13-16(4)17-14-15(2)3/h16H,2,4-14H2,1,3H3. The summed E-state index contributed by atoms with van der Waals surface area (Å²) in [7, 11) is 0. The number of rotatable bonds is 12. The molecule has 0 amide bonds. The molecule has 0 bridgehead atoms. The predicted octanol–water partition coefficient (Wildman–Crippen LogP) is 5.31. The van der Waals surface area contributed by atoms with Crippen molar-refractivity contribution in [3.63, 3.8) is 0 Å². The van der Waals surface area contributed by atoms with Crippen molar-refractivity contribution in [3.8, 4) is 0 Å². The minimum atomic E-state index is 0.145. The van der Waals surface area contributed by atoms with Gasteiger partial charge in [0.15, 0.2) is 0 Å². The molecule has 0 spiro atoms. The van der Waals surface area contributed by atoms with Crippen LogP contribution in [0.2, 0.25) is 0 Å². The van der Waals surface area contributed by atoms with Crippen LogP contribution in [0.5, 0.6) is 0 Å². The highest BCUT2D eigenvalue weighted by Crippen LogP contribution is 2.11. The average Bonchev–Trinajstić information content (AvgIpc) is 2.30. The average molecular weight is 239 g/mol. The number of hydrogen-bond acceptors (Lipinski definition) is 1. The van der Waals surface area contributed by atoms with Gasteiger partial charge in [-0.25, -0.2) is 0 Å². The van der Waals surface area contributed by atoms with Crippen LogP contribution in [0.25, 0.3) is 0 Å². The Morgan fingerprint density at radius 1 is 1.00 bits per heavy atom. The molecule has 0 aliphatic carbocycles. The van der Waals surface area contributed by atoms with Gasteiger partial charge in [0.25, 0.3) is 0 Å². The lowest BCUT2D eigenvalue weighted by atomic mass is 10.1. The molecule has 0 aromatic rings. The molecular formula is C16H31O. The lowest BCUT2D eigenvalue weighted by Crippen LogP contribution is -2.09. The van der Waals surface area contributed by atoms with Crippen LogP contribution in [-0.2, 0) is 4.74 Å². The monoisotopic (exact) mass is 239 g/mol. The first-order chi connectivity index (χ1) is 8.16. The van der Waals surface area contributed by atoms with E-state index in [1.54, 1.807) is 0 Å². The highest BCUT2D eigenvalue weighted by molar-refractivity contribution is 4.88. The van der Waals surface area contributed by atoms with E-state index in [0.717, 1.165) is 12.0 Å². The Bertz CT molecular complexity index is 174. The Labute approximate surface area is 109 Å². The van der Waals surface area contributed by atoms with E-state index in [1.165, 1.54) is 51.4 Å². The fraction of sp³-hybridized carbons (Fsp3) is 0.812. The van der Waals surface area contributed by atoms with Gasteiger partial charge in [0.2, 0.25) is 0 Å². The summed E-state index contributed by atoms with van der Waals surface area (Å²) >= 11 is 0. The molecule has 0 fully saturated rings. The molecule has 0 saturated carbocycles. The van der Waals surface area contributed by atoms with Crippen molar-refractivity contribution in [2.24, 2.45) is 0 Å². The molecule has 0 saturated heterocycles. The predicted molar refractivity (Wildman–Crippen MR) is 77.1 cm³/mol. The zero-order chi connectivity index (χ0) is 12.9. The molecule has 1 heteroatoms. The molecule has 0 N–H and O–H groups in total. The summed E-state index contributed by atoms with van der Waals surface area (Å²) in [6.07, 6.45) is 12.1. The van der Waals surface area contributed by atoms with E-state index >= 15 is 0 Å². The highest BCUT2D eigenvalue weighted by atomic mass is 16.5. The Hall–Kier alpha value is -0.300. The molecule has 1 atom stereocenters. The summed E-state index contributed by atoms with van der Waals surface area (Å²) in [5.41, 5.74) is 1.08. The Morgan fingerprint density at radius 2 is 1.53 bits per heavy atom. The lowest BCUT2D eigenvalue weighted by molar-refractivity contribution is 0.0937. The molecule has 0 aromatic carbocycles. The van der Waals surface area contributed by atoms with Crippen molar-refractivity contribution in [1.29, 1.82) is 0 Å². The summed E-state index contributed by atoms with van der Waals surface area (Å²) in [4.78, 5) is 0. The maximum Gasteiger partial charge on any atom is 0.0675 e. The van der Waals surface area contributed by atoms with Crippen LogP contribution in [0.3, 0.4) is 0 Å². The van der Waals surface area contributed by atoms with Crippen molar-refractivity contribution in [3.05, 3.63) is 19.1 Å². The largest absolute Gasteiger partial charge is 0.374 e. The molecule has 101 valence electrons. The van der Waals surface area contributed by atoms with Gasteiger partial charge in [0.1, 0.15) is 0 Å². The molecule has 0 aliphatic heterocycles. The van der Waals surface area contributed by atoms with Crippen molar-refractivity contribution < 1.29 is 4.74 Å². The van der Waals surface area contributed by atoms with Gasteiger partial charge in [-0.15, -0.1) is 0 Å². The van der Waals surface area contributed by atoms with Crippen LogP contribution in [0.1, 0.15) is 71.6 Å². The smallest absolute Gasteiger partial charge is 0.0675 e. The minimum absolute atomic E-state index is 0.145. The Morgan fingerprint density at radius 3 is 2.06 bits per heavy atom. The first-order valence-electron chi connectivity index (χ1n) is 7.26. The van der Waals surface area contributed by atoms with Crippen molar-refractivity contribution >= 4 is 0 Å². The van der Waals surface area contributed by atoms with E-state index in [-0.39, 0.29) is 6.10 Å². The second-order valence-electron chi connectivity index (χ2n) is 5.15. The third kappa shape index (κ3) is 13.6. The van der Waals surface area contributed by atoms with Gasteiger partial charge >= 0.3 is 0 Å². The van der Waals surface area contributed by atoms with Crippen LogP contribution in [0, 0.1) is 6.92 Å². The second-order valence-corrected chi connectivity index (χ2v) is 5.15. The Kier molecular flexibility index (Phi) is 12.0. The molecular weight excluding hydrogens is 208 g/mol. The molecule has 0 heterocycles. The maximum atomic E-state index is 5.55. The first-order valence-corrected chi connectivity index (χ1v) is 7.26. The minimum Gasteiger partial charge on any atom is -0.374 e. The highest BCUT2D eigenvalue weighted by Gasteiger charge is 2.01. The zero-order valence-corrected chi connectivity index (χ0v) is 12.0. The fourth-order valence-electron chi connectivity index (χ4n) is 1.85. The number of hydrogen-bond donors (Lipinski definition) is 0. The van der Waals surface area contributed by atoms with Gasteiger partial charge in [-0.2, -0.15) is 0 Å². The van der Waals surface area contributed by atoms with Crippen LogP contribution in [-0.4, -0.2) is 12.7 Å². The summed E-state index contributed by atoms with van der Waals surface area (Å²) in [5, 5.41) is 0. The molecule has 17 heavy (non-hydrogen) atoms. The second kappa shape index (κ2) is 12.2. The van der Waals surface area contributed by atoms with Gasteiger partial charge in [0.05, 0.1) is 12.7 Å². The van der Waals surface area contributed by atoms with Crippen molar-refractivity contribution in [2.45, 2.75) is 77.7 Å². The van der Waals surface area contributed by atoms with Gasteiger partial charge in [-0.3, -0.25) is 0 Å². The van der Waals surface area contributed by atoms with E-state index < -0.39 is 0 Å².